The predicted molar refractivity (Wildman–Crippen MR) is 69.5 cm³/mol. The number of hydrogen-bond acceptors (Lipinski definition) is 0. The summed E-state index contributed by atoms with van der Waals surface area (Å²) in [5.41, 5.74) is -2.40. The Hall–Kier alpha value is -1.46. The summed E-state index contributed by atoms with van der Waals surface area (Å²) in [4.78, 5) is 0. The van der Waals surface area contributed by atoms with Gasteiger partial charge in [0.05, 0.1) is 5.57 Å². The Morgan fingerprint density at radius 1 is 1.05 bits per heavy atom. The van der Waals surface area contributed by atoms with Gasteiger partial charge < -0.3 is 0 Å². The van der Waals surface area contributed by atoms with Gasteiger partial charge in [-0.15, -0.1) is 0 Å². The molecule has 21 heavy (non-hydrogen) atoms. The Balaban J connectivity index is 2.98. The Morgan fingerprint density at radius 2 is 1.67 bits per heavy atom. The normalized spacial score (nSPS) is 21.3. The van der Waals surface area contributed by atoms with Crippen LogP contribution in [0.2, 0.25) is 0 Å². The Kier molecular flexibility index (Phi) is 5.48. The SMILES string of the molecule is CC(C)/C=C/C=C/C1C=C(C(F)(F)F)C=C(C(F)(F)F)C1. The summed E-state index contributed by atoms with van der Waals surface area (Å²) in [5.74, 6) is -0.659. The molecule has 0 aliphatic heterocycles. The van der Waals surface area contributed by atoms with Crippen molar-refractivity contribution < 1.29 is 26.3 Å². The Labute approximate surface area is 119 Å². The summed E-state index contributed by atoms with van der Waals surface area (Å²) in [5, 5.41) is 0. The molecule has 0 N–H and O–H groups in total. The van der Waals surface area contributed by atoms with Gasteiger partial charge in [-0.2, -0.15) is 26.3 Å². The third-order valence-corrected chi connectivity index (χ3v) is 2.84. The van der Waals surface area contributed by atoms with Crippen LogP contribution in [0, 0.1) is 11.8 Å². The lowest BCUT2D eigenvalue weighted by Crippen LogP contribution is -2.21. The molecular weight excluding hydrogens is 294 g/mol. The average Bonchev–Trinajstić information content (AvgIpc) is 2.32. The van der Waals surface area contributed by atoms with Crippen LogP contribution in [0.15, 0.2) is 47.6 Å². The lowest BCUT2D eigenvalue weighted by atomic mass is 9.89. The van der Waals surface area contributed by atoms with E-state index in [9.17, 15) is 26.3 Å². The summed E-state index contributed by atoms with van der Waals surface area (Å²) in [6.07, 6.45) is -2.73. The molecule has 0 amide bonds. The van der Waals surface area contributed by atoms with Crippen molar-refractivity contribution in [2.45, 2.75) is 32.6 Å². The quantitative estimate of drug-likeness (QED) is 0.460. The molecule has 0 radical (unpaired) electrons. The van der Waals surface area contributed by atoms with Crippen molar-refractivity contribution in [2.75, 3.05) is 0 Å². The van der Waals surface area contributed by atoms with E-state index in [1.165, 1.54) is 12.2 Å². The van der Waals surface area contributed by atoms with E-state index in [0.29, 0.717) is 0 Å². The minimum absolute atomic E-state index is 0.189. The molecule has 1 rings (SSSR count). The summed E-state index contributed by atoms with van der Waals surface area (Å²) in [6, 6.07) is 0. The molecule has 6 heteroatoms. The lowest BCUT2D eigenvalue weighted by molar-refractivity contribution is -0.0995. The van der Waals surface area contributed by atoms with Crippen LogP contribution >= 0.6 is 0 Å². The zero-order valence-electron chi connectivity index (χ0n) is 11.6. The minimum atomic E-state index is -4.78. The average molecular weight is 310 g/mol. The van der Waals surface area contributed by atoms with E-state index < -0.39 is 35.8 Å². The van der Waals surface area contributed by atoms with Crippen molar-refractivity contribution in [3.63, 3.8) is 0 Å². The molecule has 0 fully saturated rings. The van der Waals surface area contributed by atoms with Crippen molar-refractivity contribution in [2.24, 2.45) is 11.8 Å². The fourth-order valence-electron chi connectivity index (χ4n) is 1.83. The molecule has 118 valence electrons. The van der Waals surface area contributed by atoms with Gasteiger partial charge in [-0.1, -0.05) is 44.2 Å². The lowest BCUT2D eigenvalue weighted by Gasteiger charge is -2.22. The molecule has 1 atom stereocenters. The van der Waals surface area contributed by atoms with Gasteiger partial charge in [0, 0.05) is 5.57 Å². The summed E-state index contributed by atoms with van der Waals surface area (Å²) >= 11 is 0. The first-order valence-corrected chi connectivity index (χ1v) is 6.42. The van der Waals surface area contributed by atoms with Gasteiger partial charge in [0.15, 0.2) is 0 Å². The highest BCUT2D eigenvalue weighted by atomic mass is 19.4. The van der Waals surface area contributed by atoms with Crippen molar-refractivity contribution in [1.82, 2.24) is 0 Å². The molecule has 0 aromatic carbocycles. The molecule has 1 aliphatic carbocycles. The maximum absolute atomic E-state index is 12.7. The maximum atomic E-state index is 12.7. The van der Waals surface area contributed by atoms with Crippen LogP contribution in [0.3, 0.4) is 0 Å². The second-order valence-corrected chi connectivity index (χ2v) is 5.17. The van der Waals surface area contributed by atoms with Crippen molar-refractivity contribution in [3.8, 4) is 0 Å². The second-order valence-electron chi connectivity index (χ2n) is 5.17. The van der Waals surface area contributed by atoms with Crippen LogP contribution in [0.4, 0.5) is 26.3 Å². The molecule has 1 unspecified atom stereocenters. The highest BCUT2D eigenvalue weighted by Gasteiger charge is 2.41. The highest BCUT2D eigenvalue weighted by molar-refractivity contribution is 5.36. The van der Waals surface area contributed by atoms with Crippen molar-refractivity contribution in [1.29, 1.82) is 0 Å². The van der Waals surface area contributed by atoms with Gasteiger partial charge in [0.25, 0.3) is 0 Å². The predicted octanol–water partition coefficient (Wildman–Crippen LogP) is 5.75. The monoisotopic (exact) mass is 310 g/mol. The molecule has 0 spiro atoms. The van der Waals surface area contributed by atoms with Crippen LogP contribution in [-0.2, 0) is 0 Å². The van der Waals surface area contributed by atoms with Crippen LogP contribution < -0.4 is 0 Å². The zero-order chi connectivity index (χ0) is 16.3. The third kappa shape index (κ3) is 5.81. The first-order chi connectivity index (χ1) is 9.50. The molecule has 0 aromatic rings. The van der Waals surface area contributed by atoms with E-state index in [4.69, 9.17) is 0 Å². The fourth-order valence-corrected chi connectivity index (χ4v) is 1.83. The van der Waals surface area contributed by atoms with Gasteiger partial charge in [0.1, 0.15) is 0 Å². The van der Waals surface area contributed by atoms with Gasteiger partial charge >= 0.3 is 12.4 Å². The largest absolute Gasteiger partial charge is 0.416 e. The van der Waals surface area contributed by atoms with Gasteiger partial charge in [-0.3, -0.25) is 0 Å². The smallest absolute Gasteiger partial charge is 0.166 e. The fraction of sp³-hybridized carbons (Fsp3) is 0.467. The molecule has 0 aromatic heterocycles. The molecule has 0 bridgehead atoms. The molecule has 0 saturated carbocycles. The molecule has 0 nitrogen and oxygen atoms in total. The topological polar surface area (TPSA) is 0 Å². The van der Waals surface area contributed by atoms with E-state index in [1.807, 2.05) is 13.8 Å². The molecule has 0 saturated heterocycles. The standard InChI is InChI=1S/C15H16F6/c1-10(2)5-3-4-6-11-7-12(14(16,17)18)9-13(8-11)15(19,20)21/h3-7,9-11H,8H2,1-2H3/b5-3+,6-4+. The number of hydrogen-bond donors (Lipinski definition) is 0. The van der Waals surface area contributed by atoms with Crippen LogP contribution in [-0.4, -0.2) is 12.4 Å². The van der Waals surface area contributed by atoms with E-state index in [0.717, 1.165) is 6.08 Å². The number of alkyl halides is 6. The number of rotatable bonds is 3. The Bertz CT molecular complexity index is 471. The van der Waals surface area contributed by atoms with E-state index in [-0.39, 0.29) is 12.0 Å². The van der Waals surface area contributed by atoms with Crippen molar-refractivity contribution in [3.05, 3.63) is 47.6 Å². The first-order valence-electron chi connectivity index (χ1n) is 6.42. The highest BCUT2D eigenvalue weighted by Crippen LogP contribution is 2.40. The van der Waals surface area contributed by atoms with E-state index in [1.54, 1.807) is 12.2 Å². The van der Waals surface area contributed by atoms with Crippen molar-refractivity contribution >= 4 is 0 Å². The van der Waals surface area contributed by atoms with Crippen LogP contribution in [0.25, 0.3) is 0 Å². The second kappa shape index (κ2) is 6.54. The minimum Gasteiger partial charge on any atom is -0.166 e. The summed E-state index contributed by atoms with van der Waals surface area (Å²) < 4.78 is 76.0. The summed E-state index contributed by atoms with van der Waals surface area (Å²) in [7, 11) is 0. The molecule has 0 heterocycles. The molecule has 1 aliphatic rings. The maximum Gasteiger partial charge on any atom is 0.416 e. The first kappa shape index (κ1) is 17.6. The van der Waals surface area contributed by atoms with Gasteiger partial charge in [-0.25, -0.2) is 0 Å². The molecular formula is C15H16F6. The Morgan fingerprint density at radius 3 is 2.14 bits per heavy atom. The van der Waals surface area contributed by atoms with Crippen LogP contribution in [0.5, 0.6) is 0 Å². The number of halogens is 6. The van der Waals surface area contributed by atoms with Gasteiger partial charge in [-0.05, 0) is 24.3 Å². The third-order valence-electron chi connectivity index (χ3n) is 2.84. The van der Waals surface area contributed by atoms with E-state index >= 15 is 0 Å². The van der Waals surface area contributed by atoms with Gasteiger partial charge in [0.2, 0.25) is 0 Å². The summed E-state index contributed by atoms with van der Waals surface area (Å²) in [6.45, 7) is 3.83. The van der Waals surface area contributed by atoms with E-state index in [2.05, 4.69) is 0 Å². The number of allylic oxidation sites excluding steroid dienone is 8. The van der Waals surface area contributed by atoms with Crippen LogP contribution in [0.1, 0.15) is 20.3 Å². The zero-order valence-corrected chi connectivity index (χ0v) is 11.6.